The van der Waals surface area contributed by atoms with Gasteiger partial charge >= 0.3 is 5.97 Å². The van der Waals surface area contributed by atoms with Crippen LogP contribution in [0.25, 0.3) is 16.8 Å². The summed E-state index contributed by atoms with van der Waals surface area (Å²) in [5.74, 6) is -1.93. The summed E-state index contributed by atoms with van der Waals surface area (Å²) in [6, 6.07) is 9.69. The van der Waals surface area contributed by atoms with E-state index in [2.05, 4.69) is 10.5 Å². The number of halogens is 4. The SMILES string of the molecule is CCOC(=O)c1c(-c2ccc(Cl)cc2C)noc1/C(C=N)=C(/Nc1cccc(F)c1)C(F)(F)P. The molecule has 0 aliphatic rings. The first-order valence-corrected chi connectivity index (χ1v) is 10.9. The van der Waals surface area contributed by atoms with E-state index in [1.54, 1.807) is 32.0 Å². The molecular weight excluding hydrogens is 490 g/mol. The van der Waals surface area contributed by atoms with E-state index in [0.717, 1.165) is 12.1 Å². The number of nitrogens with zero attached hydrogens (tertiary/aromatic N) is 1. The van der Waals surface area contributed by atoms with Crippen LogP contribution in [-0.4, -0.2) is 29.6 Å². The third kappa shape index (κ3) is 5.48. The van der Waals surface area contributed by atoms with Crippen molar-refractivity contribution in [1.29, 1.82) is 5.41 Å². The number of carbonyl (C=O) groups is 1. The van der Waals surface area contributed by atoms with Crippen LogP contribution in [0.1, 0.15) is 28.6 Å². The third-order valence-electron chi connectivity index (χ3n) is 4.70. The minimum Gasteiger partial charge on any atom is -0.462 e. The highest BCUT2D eigenvalue weighted by molar-refractivity contribution is 7.18. The number of carbonyl (C=O) groups excluding carboxylic acids is 1. The smallest absolute Gasteiger partial charge is 0.344 e. The molecule has 6 nitrogen and oxygen atoms in total. The molecule has 0 radical (unpaired) electrons. The fourth-order valence-electron chi connectivity index (χ4n) is 3.24. The van der Waals surface area contributed by atoms with Gasteiger partial charge in [0.05, 0.1) is 12.2 Å². The van der Waals surface area contributed by atoms with E-state index in [0.29, 0.717) is 22.4 Å². The summed E-state index contributed by atoms with van der Waals surface area (Å²) in [7, 11) is 1.35. The molecule has 0 saturated heterocycles. The van der Waals surface area contributed by atoms with Crippen LogP contribution in [0, 0.1) is 18.2 Å². The third-order valence-corrected chi connectivity index (χ3v) is 5.22. The summed E-state index contributed by atoms with van der Waals surface area (Å²) >= 11 is 6.02. The number of anilines is 1. The predicted molar refractivity (Wildman–Crippen MR) is 128 cm³/mol. The number of allylic oxidation sites excluding steroid dienone is 2. The highest BCUT2D eigenvalue weighted by Gasteiger charge is 2.36. The molecule has 0 aliphatic heterocycles. The zero-order valence-electron chi connectivity index (χ0n) is 18.1. The Labute approximate surface area is 200 Å². The second kappa shape index (κ2) is 10.4. The van der Waals surface area contributed by atoms with Crippen LogP contribution < -0.4 is 5.32 Å². The van der Waals surface area contributed by atoms with Crippen LogP contribution >= 0.6 is 20.8 Å². The molecule has 2 N–H and O–H groups in total. The largest absolute Gasteiger partial charge is 0.462 e. The number of alkyl halides is 2. The molecule has 0 aliphatic carbocycles. The van der Waals surface area contributed by atoms with Gasteiger partial charge in [-0.15, -0.1) is 0 Å². The van der Waals surface area contributed by atoms with Crippen molar-refractivity contribution in [2.75, 3.05) is 11.9 Å². The lowest BCUT2D eigenvalue weighted by atomic mass is 9.98. The van der Waals surface area contributed by atoms with Crippen molar-refractivity contribution < 1.29 is 27.2 Å². The van der Waals surface area contributed by atoms with Gasteiger partial charge in [0, 0.05) is 22.5 Å². The second-order valence-electron chi connectivity index (χ2n) is 7.11. The van der Waals surface area contributed by atoms with Crippen LogP contribution in [-0.2, 0) is 4.74 Å². The van der Waals surface area contributed by atoms with Gasteiger partial charge in [0.25, 0.3) is 5.66 Å². The number of aryl methyl sites for hydroxylation is 1. The molecule has 1 aromatic heterocycles. The van der Waals surface area contributed by atoms with Crippen LogP contribution in [0.3, 0.4) is 0 Å². The number of nitrogens with one attached hydrogen (secondary N) is 2. The molecule has 2 aromatic carbocycles. The van der Waals surface area contributed by atoms with E-state index in [4.69, 9.17) is 26.3 Å². The molecule has 11 heteroatoms. The number of rotatable bonds is 8. The van der Waals surface area contributed by atoms with E-state index in [-0.39, 0.29) is 23.6 Å². The van der Waals surface area contributed by atoms with E-state index >= 15 is 0 Å². The molecule has 1 atom stereocenters. The number of ether oxygens (including phenoxy) is 1. The van der Waals surface area contributed by atoms with Crippen molar-refractivity contribution in [2.45, 2.75) is 19.5 Å². The maximum atomic E-state index is 14.7. The molecular formula is C23H20ClF3N3O3P. The normalized spacial score (nSPS) is 12.2. The lowest BCUT2D eigenvalue weighted by molar-refractivity contribution is 0.0525. The van der Waals surface area contributed by atoms with Crippen molar-refractivity contribution in [1.82, 2.24) is 5.16 Å². The average Bonchev–Trinajstić information content (AvgIpc) is 3.18. The number of hydrogen-bond donors (Lipinski definition) is 2. The molecule has 3 rings (SSSR count). The van der Waals surface area contributed by atoms with E-state index < -0.39 is 34.5 Å². The highest BCUT2D eigenvalue weighted by atomic mass is 35.5. The minimum absolute atomic E-state index is 0.000316. The Morgan fingerprint density at radius 3 is 2.65 bits per heavy atom. The Kier molecular flexibility index (Phi) is 7.79. The maximum absolute atomic E-state index is 14.7. The van der Waals surface area contributed by atoms with Gasteiger partial charge < -0.3 is 20.0 Å². The Bertz CT molecular complexity index is 1270. The molecule has 178 valence electrons. The van der Waals surface area contributed by atoms with Gasteiger partial charge in [0.1, 0.15) is 22.8 Å². The van der Waals surface area contributed by atoms with Crippen LogP contribution in [0.5, 0.6) is 0 Å². The fraction of sp³-hybridized carbons (Fsp3) is 0.174. The Morgan fingerprint density at radius 1 is 1.32 bits per heavy atom. The molecule has 1 heterocycles. The lowest BCUT2D eigenvalue weighted by Crippen LogP contribution is -2.21. The molecule has 0 fully saturated rings. The summed E-state index contributed by atoms with van der Waals surface area (Å²) in [4.78, 5) is 12.9. The summed E-state index contributed by atoms with van der Waals surface area (Å²) in [5, 5.41) is 14.7. The minimum atomic E-state index is -3.62. The summed E-state index contributed by atoms with van der Waals surface area (Å²) in [6.07, 6.45) is 0.599. The van der Waals surface area contributed by atoms with Crippen molar-refractivity contribution in [3.8, 4) is 11.3 Å². The molecule has 0 bridgehead atoms. The van der Waals surface area contributed by atoms with Gasteiger partial charge in [-0.25, -0.2) is 9.18 Å². The van der Waals surface area contributed by atoms with E-state index in [1.807, 2.05) is 0 Å². The van der Waals surface area contributed by atoms with Gasteiger partial charge in [-0.1, -0.05) is 38.1 Å². The van der Waals surface area contributed by atoms with Crippen molar-refractivity contribution >= 4 is 44.3 Å². The molecule has 3 aromatic rings. The standard InChI is InChI=1S/C23H20ClF3N3O3P/c1-3-32-22(31)18-19(16-8-7-13(24)9-12(16)2)30-33-20(18)17(11-28)21(23(26,27)34)29-15-6-4-5-14(25)10-15/h4-11,28-29H,3,34H2,1-2H3/b21-17+,28-11?. The quantitative estimate of drug-likeness (QED) is 0.204. The zero-order valence-corrected chi connectivity index (χ0v) is 20.0. The van der Waals surface area contributed by atoms with Crippen molar-refractivity contribution in [3.63, 3.8) is 0 Å². The van der Waals surface area contributed by atoms with Crippen molar-refractivity contribution in [2.24, 2.45) is 0 Å². The second-order valence-corrected chi connectivity index (χ2v) is 8.27. The first kappa shape index (κ1) is 25.5. The molecule has 0 saturated carbocycles. The van der Waals surface area contributed by atoms with Crippen LogP contribution in [0.15, 0.2) is 52.7 Å². The monoisotopic (exact) mass is 509 g/mol. The lowest BCUT2D eigenvalue weighted by Gasteiger charge is -2.20. The first-order chi connectivity index (χ1) is 16.1. The van der Waals surface area contributed by atoms with Gasteiger partial charge in [0.15, 0.2) is 5.76 Å². The highest BCUT2D eigenvalue weighted by Crippen LogP contribution is 2.39. The number of benzene rings is 2. The van der Waals surface area contributed by atoms with Gasteiger partial charge in [0.2, 0.25) is 0 Å². The molecule has 0 amide bonds. The van der Waals surface area contributed by atoms with Crippen molar-refractivity contribution in [3.05, 3.63) is 75.9 Å². The average molecular weight is 510 g/mol. The Morgan fingerprint density at radius 2 is 2.06 bits per heavy atom. The molecule has 0 spiro atoms. The van der Waals surface area contributed by atoms with E-state index in [9.17, 15) is 18.0 Å². The zero-order chi connectivity index (χ0) is 25.0. The Hall–Kier alpha value is -3.16. The van der Waals surface area contributed by atoms with Gasteiger partial charge in [-0.2, -0.15) is 8.78 Å². The number of aromatic nitrogens is 1. The topological polar surface area (TPSA) is 88.2 Å². The summed E-state index contributed by atoms with van der Waals surface area (Å²) in [5.41, 5.74) is -4.00. The number of hydrogen-bond acceptors (Lipinski definition) is 6. The molecule has 34 heavy (non-hydrogen) atoms. The van der Waals surface area contributed by atoms with Crippen LogP contribution in [0.4, 0.5) is 18.9 Å². The fourth-order valence-corrected chi connectivity index (χ4v) is 3.69. The number of esters is 1. The molecule has 1 unspecified atom stereocenters. The predicted octanol–water partition coefficient (Wildman–Crippen LogP) is 6.56. The summed E-state index contributed by atoms with van der Waals surface area (Å²) in [6.45, 7) is 3.31. The Balaban J connectivity index is 2.28. The van der Waals surface area contributed by atoms with Gasteiger partial charge in [-0.05, 0) is 49.7 Å². The first-order valence-electron chi connectivity index (χ1n) is 9.95. The van der Waals surface area contributed by atoms with Crippen LogP contribution in [0.2, 0.25) is 5.02 Å². The van der Waals surface area contributed by atoms with E-state index in [1.165, 1.54) is 21.4 Å². The van der Waals surface area contributed by atoms with Gasteiger partial charge in [-0.3, -0.25) is 0 Å². The summed E-state index contributed by atoms with van der Waals surface area (Å²) < 4.78 is 53.4. The maximum Gasteiger partial charge on any atom is 0.344 e.